The van der Waals surface area contributed by atoms with Gasteiger partial charge in [0.15, 0.2) is 5.82 Å². The molecule has 1 saturated heterocycles. The van der Waals surface area contributed by atoms with Gasteiger partial charge in [-0.3, -0.25) is 0 Å². The minimum atomic E-state index is 0.533. The maximum atomic E-state index is 4.57. The van der Waals surface area contributed by atoms with Gasteiger partial charge >= 0.3 is 0 Å². The van der Waals surface area contributed by atoms with Gasteiger partial charge in [0.05, 0.1) is 6.20 Å². The molecular formula is C20H30N6. The summed E-state index contributed by atoms with van der Waals surface area (Å²) >= 11 is 0. The first-order valence-electron chi connectivity index (χ1n) is 9.68. The molecule has 0 saturated carbocycles. The Labute approximate surface area is 156 Å². The lowest BCUT2D eigenvalue weighted by Gasteiger charge is -2.32. The van der Waals surface area contributed by atoms with Gasteiger partial charge in [0.25, 0.3) is 0 Å². The van der Waals surface area contributed by atoms with Gasteiger partial charge in [-0.1, -0.05) is 20.3 Å². The lowest BCUT2D eigenvalue weighted by atomic mass is 9.99. The fourth-order valence-electron chi connectivity index (χ4n) is 3.19. The Kier molecular flexibility index (Phi) is 6.26. The van der Waals surface area contributed by atoms with Crippen molar-refractivity contribution >= 4 is 23.1 Å². The number of aromatic nitrogens is 3. The van der Waals surface area contributed by atoms with Gasteiger partial charge in [-0.05, 0) is 49.4 Å². The highest BCUT2D eigenvalue weighted by Gasteiger charge is 2.15. The van der Waals surface area contributed by atoms with Crippen molar-refractivity contribution in [3.63, 3.8) is 0 Å². The van der Waals surface area contributed by atoms with Crippen molar-refractivity contribution in [2.24, 2.45) is 5.92 Å². The number of benzene rings is 1. The smallest absolute Gasteiger partial charge is 0.249 e. The summed E-state index contributed by atoms with van der Waals surface area (Å²) in [4.78, 5) is 9.15. The maximum absolute atomic E-state index is 4.57. The Morgan fingerprint density at radius 3 is 2.62 bits per heavy atom. The lowest BCUT2D eigenvalue weighted by molar-refractivity contribution is 0.438. The molecule has 1 aliphatic rings. The molecule has 0 spiro atoms. The fraction of sp³-hybridized carbons (Fsp3) is 0.550. The van der Waals surface area contributed by atoms with Crippen LogP contribution in [0, 0.1) is 5.92 Å². The highest BCUT2D eigenvalue weighted by atomic mass is 15.3. The van der Waals surface area contributed by atoms with E-state index in [4.69, 9.17) is 0 Å². The van der Waals surface area contributed by atoms with Gasteiger partial charge in [0.1, 0.15) is 0 Å². The van der Waals surface area contributed by atoms with Crippen LogP contribution in [0.5, 0.6) is 0 Å². The molecule has 3 rings (SSSR count). The Bertz CT molecular complexity index is 679. The minimum Gasteiger partial charge on any atom is -0.372 e. The second-order valence-electron chi connectivity index (χ2n) is 7.25. The summed E-state index contributed by atoms with van der Waals surface area (Å²) in [6.45, 7) is 7.79. The molecule has 0 radical (unpaired) electrons. The molecule has 140 valence electrons. The quantitative estimate of drug-likeness (QED) is 0.808. The zero-order valence-electron chi connectivity index (χ0n) is 16.1. The number of nitrogens with one attached hydrogen (secondary N) is 1. The molecule has 1 aromatic heterocycles. The van der Waals surface area contributed by atoms with E-state index in [1.54, 1.807) is 6.20 Å². The van der Waals surface area contributed by atoms with E-state index in [1.807, 2.05) is 7.05 Å². The van der Waals surface area contributed by atoms with E-state index >= 15 is 0 Å². The molecule has 0 atom stereocenters. The Morgan fingerprint density at radius 2 is 1.92 bits per heavy atom. The molecule has 6 heteroatoms. The Balaban J connectivity index is 1.62. The Morgan fingerprint density at radius 1 is 1.19 bits per heavy atom. The molecule has 1 fully saturated rings. The van der Waals surface area contributed by atoms with Gasteiger partial charge in [0.2, 0.25) is 5.95 Å². The van der Waals surface area contributed by atoms with Crippen LogP contribution >= 0.6 is 0 Å². The van der Waals surface area contributed by atoms with E-state index in [9.17, 15) is 0 Å². The molecule has 0 aliphatic carbocycles. The molecule has 0 bridgehead atoms. The topological polar surface area (TPSA) is 57.2 Å². The van der Waals surface area contributed by atoms with E-state index < -0.39 is 0 Å². The van der Waals surface area contributed by atoms with Crippen molar-refractivity contribution in [2.45, 2.75) is 39.5 Å². The number of anilines is 4. The summed E-state index contributed by atoms with van der Waals surface area (Å²) in [5, 5.41) is 11.5. The van der Waals surface area contributed by atoms with Crippen molar-refractivity contribution in [3.05, 3.63) is 30.5 Å². The van der Waals surface area contributed by atoms with Gasteiger partial charge < -0.3 is 15.1 Å². The van der Waals surface area contributed by atoms with Crippen LogP contribution in [0.25, 0.3) is 0 Å². The SMILES string of the molecule is CCCCN(C)c1cnnc(Nc2ccc(N3CCC(C)CC3)cc2)n1. The van der Waals surface area contributed by atoms with E-state index in [-0.39, 0.29) is 0 Å². The van der Waals surface area contributed by atoms with Crippen LogP contribution in [-0.4, -0.2) is 41.9 Å². The molecule has 26 heavy (non-hydrogen) atoms. The minimum absolute atomic E-state index is 0.533. The molecule has 6 nitrogen and oxygen atoms in total. The highest BCUT2D eigenvalue weighted by Crippen LogP contribution is 2.25. The maximum Gasteiger partial charge on any atom is 0.249 e. The first-order chi connectivity index (χ1) is 12.7. The second kappa shape index (κ2) is 8.83. The van der Waals surface area contributed by atoms with E-state index in [0.29, 0.717) is 5.95 Å². The molecule has 2 heterocycles. The average Bonchev–Trinajstić information content (AvgIpc) is 2.67. The number of nitrogens with zero attached hydrogens (tertiary/aromatic N) is 5. The zero-order valence-corrected chi connectivity index (χ0v) is 16.1. The third-order valence-electron chi connectivity index (χ3n) is 5.06. The van der Waals surface area contributed by atoms with Crippen molar-refractivity contribution in [3.8, 4) is 0 Å². The van der Waals surface area contributed by atoms with Crippen molar-refractivity contribution in [1.82, 2.24) is 15.2 Å². The standard InChI is InChI=1S/C20H30N6/c1-4-5-12-25(3)19-15-21-24-20(23-19)22-17-6-8-18(9-7-17)26-13-10-16(2)11-14-26/h6-9,15-16H,4-5,10-14H2,1-3H3,(H,22,23,24). The molecule has 0 amide bonds. The molecule has 0 unspecified atom stereocenters. The number of rotatable bonds is 7. The van der Waals surface area contributed by atoms with Crippen LogP contribution in [0.15, 0.2) is 30.5 Å². The number of hydrogen-bond donors (Lipinski definition) is 1. The summed E-state index contributed by atoms with van der Waals surface area (Å²) in [5.41, 5.74) is 2.27. The third kappa shape index (κ3) is 4.84. The lowest BCUT2D eigenvalue weighted by Crippen LogP contribution is -2.32. The van der Waals surface area contributed by atoms with E-state index in [0.717, 1.165) is 49.9 Å². The second-order valence-corrected chi connectivity index (χ2v) is 7.25. The third-order valence-corrected chi connectivity index (χ3v) is 5.06. The van der Waals surface area contributed by atoms with Crippen LogP contribution in [0.3, 0.4) is 0 Å². The van der Waals surface area contributed by atoms with Crippen LogP contribution in [-0.2, 0) is 0 Å². The van der Waals surface area contributed by atoms with Crippen molar-refractivity contribution in [1.29, 1.82) is 0 Å². The van der Waals surface area contributed by atoms with E-state index in [2.05, 4.69) is 68.4 Å². The molecule has 1 aliphatic heterocycles. The van der Waals surface area contributed by atoms with Gasteiger partial charge in [-0.2, -0.15) is 10.1 Å². The fourth-order valence-corrected chi connectivity index (χ4v) is 3.19. The van der Waals surface area contributed by atoms with Gasteiger partial charge in [-0.15, -0.1) is 5.10 Å². The van der Waals surface area contributed by atoms with E-state index in [1.165, 1.54) is 18.5 Å². The van der Waals surface area contributed by atoms with Gasteiger partial charge in [0, 0.05) is 38.1 Å². The summed E-state index contributed by atoms with van der Waals surface area (Å²) in [6.07, 6.45) is 6.56. The summed E-state index contributed by atoms with van der Waals surface area (Å²) < 4.78 is 0. The van der Waals surface area contributed by atoms with Gasteiger partial charge in [-0.25, -0.2) is 0 Å². The van der Waals surface area contributed by atoms with Crippen molar-refractivity contribution < 1.29 is 0 Å². The summed E-state index contributed by atoms with van der Waals surface area (Å²) in [7, 11) is 2.04. The largest absolute Gasteiger partial charge is 0.372 e. The first kappa shape index (κ1) is 18.4. The number of unbranched alkanes of at least 4 members (excludes halogenated alkanes) is 1. The van der Waals surface area contributed by atoms with Crippen LogP contribution in [0.2, 0.25) is 0 Å². The highest BCUT2D eigenvalue weighted by molar-refractivity contribution is 5.59. The van der Waals surface area contributed by atoms with Crippen LogP contribution in [0.1, 0.15) is 39.5 Å². The summed E-state index contributed by atoms with van der Waals surface area (Å²) in [5.74, 6) is 2.22. The zero-order chi connectivity index (χ0) is 18.4. The first-order valence-corrected chi connectivity index (χ1v) is 9.68. The number of piperidine rings is 1. The predicted octanol–water partition coefficient (Wildman–Crippen LogP) is 4.09. The van der Waals surface area contributed by atoms with Crippen LogP contribution in [0.4, 0.5) is 23.1 Å². The molecule has 1 aromatic carbocycles. The monoisotopic (exact) mass is 354 g/mol. The number of hydrogen-bond acceptors (Lipinski definition) is 6. The molecule has 2 aromatic rings. The van der Waals surface area contributed by atoms with Crippen LogP contribution < -0.4 is 15.1 Å². The van der Waals surface area contributed by atoms with Crippen molar-refractivity contribution in [2.75, 3.05) is 41.8 Å². The Hall–Kier alpha value is -2.37. The summed E-state index contributed by atoms with van der Waals surface area (Å²) in [6, 6.07) is 8.51. The molecular weight excluding hydrogens is 324 g/mol. The normalized spacial score (nSPS) is 15.1. The predicted molar refractivity (Wildman–Crippen MR) is 108 cm³/mol. The molecule has 1 N–H and O–H groups in total. The average molecular weight is 355 g/mol.